The Hall–Kier alpha value is -1.67. The first-order chi connectivity index (χ1) is 6.79. The number of nitrogens with zero attached hydrogens (tertiary/aromatic N) is 1. The summed E-state index contributed by atoms with van der Waals surface area (Å²) in [7, 11) is 0. The molecule has 2 aromatic heterocycles. The van der Waals surface area contributed by atoms with Gasteiger partial charge in [0.05, 0.1) is 5.75 Å². The van der Waals surface area contributed by atoms with Crippen LogP contribution in [0.5, 0.6) is 0 Å². The van der Waals surface area contributed by atoms with Crippen LogP contribution in [-0.4, -0.2) is 15.7 Å². The molecule has 5 heteroatoms. The van der Waals surface area contributed by atoms with Crippen molar-refractivity contribution in [1.29, 1.82) is 0 Å². The normalized spacial score (nSPS) is 9.79. The van der Waals surface area contributed by atoms with Gasteiger partial charge in [0.25, 0.3) is 0 Å². The zero-order chi connectivity index (χ0) is 9.97. The van der Waals surface area contributed by atoms with E-state index in [0.717, 1.165) is 0 Å². The summed E-state index contributed by atoms with van der Waals surface area (Å²) in [6.07, 6.45) is 1.57. The smallest absolute Gasteiger partial charge is 0.406 e. The summed E-state index contributed by atoms with van der Waals surface area (Å²) in [5.41, 5.74) is 1.56. The Kier molecular flexibility index (Phi) is 2.29. The Morgan fingerprint density at radius 2 is 2.50 bits per heavy atom. The van der Waals surface area contributed by atoms with Gasteiger partial charge in [-0.25, -0.2) is 9.78 Å². The highest BCUT2D eigenvalue weighted by molar-refractivity contribution is 7.80. The first-order valence-corrected chi connectivity index (χ1v) is 4.51. The number of rotatable bonds is 0. The third-order valence-corrected chi connectivity index (χ3v) is 1.75. The predicted molar refractivity (Wildman–Crippen MR) is 55.4 cm³/mol. The highest BCUT2D eigenvalue weighted by Crippen LogP contribution is 2.07. The fourth-order valence-corrected chi connectivity index (χ4v) is 1.13. The molecule has 0 aromatic carbocycles. The first kappa shape index (κ1) is 8.91. The average Bonchev–Trinajstić information content (AvgIpc) is 2.54. The van der Waals surface area contributed by atoms with Gasteiger partial charge < -0.3 is 4.42 Å². The number of aromatic nitrogens is 2. The monoisotopic (exact) mass is 206 g/mol. The second kappa shape index (κ2) is 3.60. The van der Waals surface area contributed by atoms with Crippen molar-refractivity contribution in [2.75, 3.05) is 5.75 Å². The third-order valence-electron chi connectivity index (χ3n) is 1.59. The molecule has 0 aliphatic carbocycles. The Bertz CT molecular complexity index is 573. The van der Waals surface area contributed by atoms with E-state index in [1.165, 1.54) is 0 Å². The van der Waals surface area contributed by atoms with E-state index in [9.17, 15) is 4.79 Å². The number of oxazole rings is 1. The third kappa shape index (κ3) is 1.65. The lowest BCUT2D eigenvalue weighted by molar-refractivity contribution is 0.555. The summed E-state index contributed by atoms with van der Waals surface area (Å²) in [5.74, 6) is 5.58. The molecule has 2 aromatic rings. The summed E-state index contributed by atoms with van der Waals surface area (Å²) in [6, 6.07) is 1.66. The average molecular weight is 206 g/mol. The SMILES string of the molecule is O=c1[nH]c2ncc(C#CCS)cc2o1. The molecule has 0 radical (unpaired) electrons. The second-order valence-electron chi connectivity index (χ2n) is 2.55. The molecule has 1 N–H and O–H groups in total. The van der Waals surface area contributed by atoms with Gasteiger partial charge in [0.15, 0.2) is 11.2 Å². The minimum absolute atomic E-state index is 0.418. The van der Waals surface area contributed by atoms with Gasteiger partial charge in [0, 0.05) is 17.8 Å². The summed E-state index contributed by atoms with van der Waals surface area (Å²) in [6.45, 7) is 0. The van der Waals surface area contributed by atoms with Crippen LogP contribution in [0.2, 0.25) is 0 Å². The van der Waals surface area contributed by atoms with E-state index in [1.54, 1.807) is 12.3 Å². The van der Waals surface area contributed by atoms with Crippen molar-refractivity contribution in [3.63, 3.8) is 0 Å². The minimum Gasteiger partial charge on any atom is -0.406 e. The molecule has 0 atom stereocenters. The van der Waals surface area contributed by atoms with Crippen LogP contribution in [0.15, 0.2) is 21.5 Å². The van der Waals surface area contributed by atoms with Gasteiger partial charge in [0.2, 0.25) is 0 Å². The van der Waals surface area contributed by atoms with Crippen molar-refractivity contribution in [2.24, 2.45) is 0 Å². The maximum atomic E-state index is 10.8. The van der Waals surface area contributed by atoms with Gasteiger partial charge >= 0.3 is 5.76 Å². The fourth-order valence-electron chi connectivity index (χ4n) is 1.05. The molecule has 0 spiro atoms. The van der Waals surface area contributed by atoms with Crippen LogP contribution in [0.1, 0.15) is 5.56 Å². The predicted octanol–water partition coefficient (Wildman–Crippen LogP) is 0.797. The number of hydrogen-bond donors (Lipinski definition) is 2. The lowest BCUT2D eigenvalue weighted by atomic mass is 10.3. The molecule has 0 fully saturated rings. The van der Waals surface area contributed by atoms with Crippen LogP contribution in [-0.2, 0) is 0 Å². The zero-order valence-corrected chi connectivity index (χ0v) is 7.97. The number of hydrogen-bond acceptors (Lipinski definition) is 4. The van der Waals surface area contributed by atoms with Crippen LogP contribution in [0.25, 0.3) is 11.2 Å². The van der Waals surface area contributed by atoms with Crippen molar-refractivity contribution < 1.29 is 4.42 Å². The quantitative estimate of drug-likeness (QED) is 0.495. The highest BCUT2D eigenvalue weighted by atomic mass is 32.1. The van der Waals surface area contributed by atoms with Crippen molar-refractivity contribution in [3.8, 4) is 11.8 Å². The maximum Gasteiger partial charge on any atom is 0.418 e. The number of fused-ring (bicyclic) bond motifs is 1. The minimum atomic E-state index is -0.508. The number of nitrogens with one attached hydrogen (secondary N) is 1. The largest absolute Gasteiger partial charge is 0.418 e. The lowest BCUT2D eigenvalue weighted by Gasteiger charge is -1.87. The molecule has 0 unspecified atom stereocenters. The molecule has 2 heterocycles. The summed E-state index contributed by atoms with van der Waals surface area (Å²) < 4.78 is 4.83. The number of H-pyrrole nitrogens is 1. The molecule has 14 heavy (non-hydrogen) atoms. The van der Waals surface area contributed by atoms with E-state index in [0.29, 0.717) is 22.5 Å². The molecule has 0 aliphatic rings. The lowest BCUT2D eigenvalue weighted by Crippen LogP contribution is -1.93. The maximum absolute atomic E-state index is 10.8. The van der Waals surface area contributed by atoms with Gasteiger partial charge in [-0.1, -0.05) is 11.8 Å². The Balaban J connectivity index is 2.55. The van der Waals surface area contributed by atoms with Gasteiger partial charge in [0.1, 0.15) is 0 Å². The number of thiol groups is 1. The van der Waals surface area contributed by atoms with E-state index >= 15 is 0 Å². The topological polar surface area (TPSA) is 58.9 Å². The molecule has 0 amide bonds. The molecule has 0 saturated heterocycles. The van der Waals surface area contributed by atoms with Gasteiger partial charge in [-0.15, -0.1) is 0 Å². The van der Waals surface area contributed by atoms with Gasteiger partial charge in [-0.2, -0.15) is 12.6 Å². The van der Waals surface area contributed by atoms with E-state index < -0.39 is 5.76 Å². The summed E-state index contributed by atoms with van der Waals surface area (Å²) >= 11 is 3.95. The molecular weight excluding hydrogens is 200 g/mol. The van der Waals surface area contributed by atoms with Crippen LogP contribution < -0.4 is 5.76 Å². The van der Waals surface area contributed by atoms with Crippen molar-refractivity contribution in [1.82, 2.24) is 9.97 Å². The number of pyridine rings is 1. The molecule has 70 valence electrons. The molecule has 0 bridgehead atoms. The molecule has 2 rings (SSSR count). The second-order valence-corrected chi connectivity index (χ2v) is 2.86. The van der Waals surface area contributed by atoms with Crippen molar-refractivity contribution in [2.45, 2.75) is 0 Å². The van der Waals surface area contributed by atoms with Crippen LogP contribution in [0, 0.1) is 11.8 Å². The van der Waals surface area contributed by atoms with Crippen LogP contribution in [0.3, 0.4) is 0 Å². The highest BCUT2D eigenvalue weighted by Gasteiger charge is 2.01. The standard InChI is InChI=1S/C9H6N2O2S/c12-9-11-8-7(13-9)4-6(5-10-8)2-1-3-14/h4-5,14H,3H2,(H,10,11,12). The summed E-state index contributed by atoms with van der Waals surface area (Å²) in [4.78, 5) is 17.2. The van der Waals surface area contributed by atoms with E-state index in [1.807, 2.05) is 0 Å². The van der Waals surface area contributed by atoms with Crippen LogP contribution in [0.4, 0.5) is 0 Å². The molecular formula is C9H6N2O2S. The number of aromatic amines is 1. The van der Waals surface area contributed by atoms with Crippen LogP contribution >= 0.6 is 12.6 Å². The van der Waals surface area contributed by atoms with Gasteiger partial charge in [-0.05, 0) is 0 Å². The van der Waals surface area contributed by atoms with Crippen molar-refractivity contribution in [3.05, 3.63) is 28.4 Å². The van der Waals surface area contributed by atoms with Gasteiger partial charge in [-0.3, -0.25) is 4.98 Å². The molecule has 0 aliphatic heterocycles. The molecule has 4 nitrogen and oxygen atoms in total. The summed E-state index contributed by atoms with van der Waals surface area (Å²) in [5, 5.41) is 0. The first-order valence-electron chi connectivity index (χ1n) is 3.88. The van der Waals surface area contributed by atoms with E-state index in [4.69, 9.17) is 4.42 Å². The zero-order valence-electron chi connectivity index (χ0n) is 7.07. The van der Waals surface area contributed by atoms with Crippen molar-refractivity contribution >= 4 is 23.9 Å². The Labute approximate surface area is 84.8 Å². The Morgan fingerprint density at radius 3 is 3.29 bits per heavy atom. The Morgan fingerprint density at radius 1 is 1.64 bits per heavy atom. The van der Waals surface area contributed by atoms with E-state index in [-0.39, 0.29) is 0 Å². The fraction of sp³-hybridized carbons (Fsp3) is 0.111. The molecule has 0 saturated carbocycles. The van der Waals surface area contributed by atoms with E-state index in [2.05, 4.69) is 34.4 Å².